The lowest BCUT2D eigenvalue weighted by Gasteiger charge is -2.19. The molecule has 0 unspecified atom stereocenters. The van der Waals surface area contributed by atoms with Gasteiger partial charge in [-0.15, -0.1) is 0 Å². The smallest absolute Gasteiger partial charge is 0.260 e. The molecule has 8 rings (SSSR count). The molecule has 2 atom stereocenters. The molecule has 262 valence electrons. The number of amides is 2. The minimum atomic E-state index is -0.161. The van der Waals surface area contributed by atoms with Gasteiger partial charge < -0.3 is 29.7 Å². The third-order valence-corrected chi connectivity index (χ3v) is 9.95. The Morgan fingerprint density at radius 2 is 1.21 bits per heavy atom. The minimum absolute atomic E-state index is 0.0874. The highest BCUT2D eigenvalue weighted by Gasteiger charge is 2.34. The van der Waals surface area contributed by atoms with E-state index in [0.29, 0.717) is 77.9 Å². The van der Waals surface area contributed by atoms with Crippen LogP contribution in [0.5, 0.6) is 17.2 Å². The van der Waals surface area contributed by atoms with Crippen molar-refractivity contribution in [1.82, 2.24) is 9.80 Å². The van der Waals surface area contributed by atoms with Gasteiger partial charge in [0.05, 0.1) is 54.9 Å². The number of fused-ring (bicyclic) bond motifs is 4. The van der Waals surface area contributed by atoms with E-state index in [1.54, 1.807) is 29.0 Å². The van der Waals surface area contributed by atoms with Crippen molar-refractivity contribution in [3.8, 4) is 17.2 Å². The maximum Gasteiger partial charge on any atom is 0.260 e. The first-order valence-corrected chi connectivity index (χ1v) is 17.5. The van der Waals surface area contributed by atoms with Crippen molar-refractivity contribution in [2.75, 3.05) is 26.1 Å². The SMILES string of the molecule is COc1cc2c(cc1OCCCOc1cc3c(cc1C)C(=O)N1C=C(c4ccc(N)cc4)C[C@H]1C=N3)N=C[C@@H]1CC(c3ccc(C)cc3)=CN1C2=O. The first kappa shape index (κ1) is 33.0. The van der Waals surface area contributed by atoms with Crippen LogP contribution >= 0.6 is 0 Å². The highest BCUT2D eigenvalue weighted by Crippen LogP contribution is 2.40. The van der Waals surface area contributed by atoms with Gasteiger partial charge in [0.25, 0.3) is 11.8 Å². The Kier molecular flexibility index (Phi) is 8.58. The van der Waals surface area contributed by atoms with E-state index in [2.05, 4.69) is 31.2 Å². The number of hydrogen-bond acceptors (Lipinski definition) is 8. The summed E-state index contributed by atoms with van der Waals surface area (Å²) in [4.78, 5) is 40.3. The van der Waals surface area contributed by atoms with E-state index in [1.807, 2.05) is 68.2 Å². The fourth-order valence-electron chi connectivity index (χ4n) is 7.04. The van der Waals surface area contributed by atoms with Crippen molar-refractivity contribution in [2.24, 2.45) is 9.98 Å². The Morgan fingerprint density at radius 3 is 1.79 bits per heavy atom. The van der Waals surface area contributed by atoms with Gasteiger partial charge in [-0.3, -0.25) is 19.6 Å². The van der Waals surface area contributed by atoms with Crippen molar-refractivity contribution in [1.29, 1.82) is 0 Å². The molecule has 0 fully saturated rings. The largest absolute Gasteiger partial charge is 0.493 e. The van der Waals surface area contributed by atoms with Crippen LogP contribution in [-0.2, 0) is 0 Å². The highest BCUT2D eigenvalue weighted by molar-refractivity contribution is 6.06. The molecular weight excluding hydrogens is 654 g/mol. The second-order valence-electron chi connectivity index (χ2n) is 13.5. The summed E-state index contributed by atoms with van der Waals surface area (Å²) < 4.78 is 17.9. The zero-order chi connectivity index (χ0) is 35.9. The number of carbonyl (C=O) groups is 2. The van der Waals surface area contributed by atoms with Crippen LogP contribution in [0.1, 0.15) is 62.2 Å². The van der Waals surface area contributed by atoms with Gasteiger partial charge in [-0.25, -0.2) is 0 Å². The first-order chi connectivity index (χ1) is 25.2. The van der Waals surface area contributed by atoms with Crippen LogP contribution in [0.15, 0.2) is 95.2 Å². The number of ether oxygens (including phenoxy) is 3. The van der Waals surface area contributed by atoms with Crippen LogP contribution < -0.4 is 19.9 Å². The molecule has 10 nitrogen and oxygen atoms in total. The Hall–Kier alpha value is -6.16. The predicted octanol–water partition coefficient (Wildman–Crippen LogP) is 7.69. The number of nitrogens with zero attached hydrogens (tertiary/aromatic N) is 4. The molecule has 0 radical (unpaired) electrons. The van der Waals surface area contributed by atoms with Gasteiger partial charge in [0.2, 0.25) is 0 Å². The summed E-state index contributed by atoms with van der Waals surface area (Å²) in [6.07, 6.45) is 9.49. The molecule has 4 aliphatic rings. The van der Waals surface area contributed by atoms with Crippen LogP contribution in [0, 0.1) is 13.8 Å². The zero-order valence-corrected chi connectivity index (χ0v) is 29.3. The molecule has 0 saturated heterocycles. The molecule has 0 spiro atoms. The van der Waals surface area contributed by atoms with Crippen LogP contribution in [0.2, 0.25) is 0 Å². The predicted molar refractivity (Wildman–Crippen MR) is 203 cm³/mol. The van der Waals surface area contributed by atoms with Gasteiger partial charge in [0.1, 0.15) is 5.75 Å². The molecular formula is C42H39N5O5. The monoisotopic (exact) mass is 693 g/mol. The van der Waals surface area contributed by atoms with E-state index >= 15 is 0 Å². The fraction of sp³-hybridized carbons (Fsp3) is 0.238. The maximum atomic E-state index is 13.7. The summed E-state index contributed by atoms with van der Waals surface area (Å²) in [7, 11) is 1.56. The molecule has 2 N–H and O–H groups in total. The first-order valence-electron chi connectivity index (χ1n) is 17.5. The van der Waals surface area contributed by atoms with E-state index in [1.165, 1.54) is 5.56 Å². The summed E-state index contributed by atoms with van der Waals surface area (Å²) >= 11 is 0. The van der Waals surface area contributed by atoms with Crippen molar-refractivity contribution in [3.05, 3.63) is 119 Å². The van der Waals surface area contributed by atoms with E-state index in [0.717, 1.165) is 27.8 Å². The molecule has 0 saturated carbocycles. The lowest BCUT2D eigenvalue weighted by molar-refractivity contribution is 0.0809. The summed E-state index contributed by atoms with van der Waals surface area (Å²) in [6, 6.07) is 22.9. The number of hydrogen-bond donors (Lipinski definition) is 1. The second-order valence-corrected chi connectivity index (χ2v) is 13.5. The van der Waals surface area contributed by atoms with Crippen molar-refractivity contribution >= 4 is 52.5 Å². The van der Waals surface area contributed by atoms with Gasteiger partial charge in [-0.1, -0.05) is 42.0 Å². The molecule has 4 aliphatic heterocycles. The molecule has 0 aromatic heterocycles. The highest BCUT2D eigenvalue weighted by atomic mass is 16.5. The average molecular weight is 694 g/mol. The number of aryl methyl sites for hydroxylation is 2. The molecule has 52 heavy (non-hydrogen) atoms. The topological polar surface area (TPSA) is 119 Å². The van der Waals surface area contributed by atoms with E-state index in [9.17, 15) is 9.59 Å². The third kappa shape index (κ3) is 6.21. The quantitative estimate of drug-likeness (QED) is 0.142. The fourth-order valence-corrected chi connectivity index (χ4v) is 7.04. The van der Waals surface area contributed by atoms with Gasteiger partial charge in [-0.2, -0.15) is 0 Å². The van der Waals surface area contributed by atoms with Crippen molar-refractivity contribution < 1.29 is 23.8 Å². The molecule has 10 heteroatoms. The Balaban J connectivity index is 0.900. The number of aliphatic imine (C=N–C) groups is 2. The standard InChI is InChI=1S/C42H39N5O5/c1-25-5-7-27(8-6-25)29-16-33-22-45-37-20-40(39(50-3)18-35(37)42(49)47(33)23-29)52-14-4-13-51-38-19-36-34(15-26(38)2)41(48)46-24-30(17-32(46)21-44-36)28-9-11-31(43)12-10-28/h5-12,15,18-24,32-33H,4,13-14,16-17,43H2,1-3H3/t32-,33-/m0/s1. The Bertz CT molecular complexity index is 2200. The van der Waals surface area contributed by atoms with Crippen LogP contribution in [-0.4, -0.2) is 66.5 Å². The molecule has 2 amide bonds. The third-order valence-electron chi connectivity index (χ3n) is 9.95. The number of benzene rings is 4. The number of nitrogens with two attached hydrogens (primary N) is 1. The van der Waals surface area contributed by atoms with Crippen molar-refractivity contribution in [2.45, 2.75) is 45.2 Å². The summed E-state index contributed by atoms with van der Waals surface area (Å²) in [5.74, 6) is 1.42. The molecule has 4 aromatic carbocycles. The zero-order valence-electron chi connectivity index (χ0n) is 29.3. The van der Waals surface area contributed by atoms with Gasteiger partial charge in [0, 0.05) is 61.9 Å². The number of carbonyl (C=O) groups excluding carboxylic acids is 2. The number of methoxy groups -OCH3 is 1. The second kappa shape index (κ2) is 13.5. The maximum absolute atomic E-state index is 13.7. The average Bonchev–Trinajstić information content (AvgIpc) is 3.73. The molecule has 4 aromatic rings. The van der Waals surface area contributed by atoms with E-state index in [4.69, 9.17) is 29.9 Å². The molecule has 4 heterocycles. The Labute approximate surface area is 302 Å². The summed E-state index contributed by atoms with van der Waals surface area (Å²) in [6.45, 7) is 4.72. The summed E-state index contributed by atoms with van der Waals surface area (Å²) in [5, 5.41) is 0. The van der Waals surface area contributed by atoms with Crippen LogP contribution in [0.3, 0.4) is 0 Å². The van der Waals surface area contributed by atoms with Crippen LogP contribution in [0.25, 0.3) is 11.1 Å². The molecule has 0 bridgehead atoms. The normalized spacial score (nSPS) is 18.5. The number of anilines is 1. The van der Waals surface area contributed by atoms with E-state index < -0.39 is 0 Å². The Morgan fingerprint density at radius 1 is 0.692 bits per heavy atom. The number of nitrogen functional groups attached to an aromatic ring is 1. The number of rotatable bonds is 9. The summed E-state index contributed by atoms with van der Waals surface area (Å²) in [5.41, 5.74) is 15.1. The minimum Gasteiger partial charge on any atom is -0.493 e. The lowest BCUT2D eigenvalue weighted by atomic mass is 10.0. The van der Waals surface area contributed by atoms with Gasteiger partial charge in [-0.05, 0) is 65.9 Å². The van der Waals surface area contributed by atoms with Crippen LogP contribution in [0.4, 0.5) is 17.1 Å². The molecule has 0 aliphatic carbocycles. The lowest BCUT2D eigenvalue weighted by Crippen LogP contribution is -2.32. The van der Waals surface area contributed by atoms with Gasteiger partial charge >= 0.3 is 0 Å². The van der Waals surface area contributed by atoms with Gasteiger partial charge in [0.15, 0.2) is 11.5 Å². The van der Waals surface area contributed by atoms with E-state index in [-0.39, 0.29) is 23.9 Å². The van der Waals surface area contributed by atoms with Crippen molar-refractivity contribution in [3.63, 3.8) is 0 Å².